The highest BCUT2D eigenvalue weighted by atomic mass is 35.5. The largest absolute Gasteiger partial charge is 0.322 e. The Kier molecular flexibility index (Phi) is 6.22. The number of hydrogen-bond acceptors (Lipinski definition) is 4. The number of piperazine rings is 1. The number of amides is 2. The molecule has 0 radical (unpaired) electrons. The van der Waals surface area contributed by atoms with Gasteiger partial charge >= 0.3 is 6.03 Å². The van der Waals surface area contributed by atoms with Crippen molar-refractivity contribution in [2.75, 3.05) is 31.5 Å². The number of nitrogens with zero attached hydrogens (tertiary/aromatic N) is 5. The molecule has 1 fully saturated rings. The summed E-state index contributed by atoms with van der Waals surface area (Å²) in [5.41, 5.74) is 5.70. The van der Waals surface area contributed by atoms with Crippen LogP contribution in [0, 0.1) is 13.8 Å². The number of carbonyl (C=O) groups excluding carboxylic acids is 1. The Morgan fingerprint density at radius 1 is 1.00 bits per heavy atom. The van der Waals surface area contributed by atoms with Crippen LogP contribution in [0.25, 0.3) is 16.9 Å². The van der Waals surface area contributed by atoms with Crippen LogP contribution in [-0.4, -0.2) is 56.5 Å². The van der Waals surface area contributed by atoms with E-state index in [4.69, 9.17) is 16.6 Å². The van der Waals surface area contributed by atoms with Gasteiger partial charge in [0, 0.05) is 38.1 Å². The van der Waals surface area contributed by atoms with E-state index in [0.717, 1.165) is 41.3 Å². The first kappa shape index (κ1) is 22.4. The van der Waals surface area contributed by atoms with Gasteiger partial charge in [0.05, 0.1) is 17.3 Å². The van der Waals surface area contributed by atoms with Crippen molar-refractivity contribution in [1.29, 1.82) is 0 Å². The summed E-state index contributed by atoms with van der Waals surface area (Å²) in [6, 6.07) is 17.8. The molecule has 0 saturated carbocycles. The Morgan fingerprint density at radius 3 is 2.47 bits per heavy atom. The number of imidazole rings is 1. The monoisotopic (exact) mass is 474 g/mol. The molecule has 2 aromatic heterocycles. The first-order chi connectivity index (χ1) is 16.5. The minimum Gasteiger partial charge on any atom is -0.322 e. The van der Waals surface area contributed by atoms with E-state index in [-0.39, 0.29) is 6.03 Å². The van der Waals surface area contributed by atoms with E-state index < -0.39 is 0 Å². The van der Waals surface area contributed by atoms with Gasteiger partial charge in [-0.15, -0.1) is 0 Å². The molecule has 5 rings (SSSR count). The Hall–Kier alpha value is -3.42. The highest BCUT2D eigenvalue weighted by molar-refractivity contribution is 6.33. The first-order valence-electron chi connectivity index (χ1n) is 11.4. The second kappa shape index (κ2) is 9.44. The van der Waals surface area contributed by atoms with Crippen LogP contribution in [0.5, 0.6) is 0 Å². The number of pyridine rings is 1. The number of anilines is 1. The van der Waals surface area contributed by atoms with Gasteiger partial charge in [0.15, 0.2) is 5.65 Å². The molecule has 174 valence electrons. The maximum atomic E-state index is 12.8. The highest BCUT2D eigenvalue weighted by Crippen LogP contribution is 2.24. The van der Waals surface area contributed by atoms with Crippen molar-refractivity contribution in [3.63, 3.8) is 0 Å². The zero-order valence-electron chi connectivity index (χ0n) is 19.3. The van der Waals surface area contributed by atoms with Crippen LogP contribution in [0.2, 0.25) is 5.02 Å². The van der Waals surface area contributed by atoms with E-state index in [1.54, 1.807) is 6.20 Å². The summed E-state index contributed by atoms with van der Waals surface area (Å²) >= 11 is 6.28. The lowest BCUT2D eigenvalue weighted by atomic mass is 10.2. The molecule has 1 aliphatic heterocycles. The lowest BCUT2D eigenvalue weighted by molar-refractivity contribution is 0.140. The average Bonchev–Trinajstić information content (AvgIpc) is 3.19. The number of rotatable bonds is 4. The molecule has 8 heteroatoms. The molecule has 0 aliphatic carbocycles. The number of halogens is 1. The van der Waals surface area contributed by atoms with Gasteiger partial charge in [0.25, 0.3) is 0 Å². The number of fused-ring (bicyclic) bond motifs is 1. The molecule has 3 heterocycles. The SMILES string of the molecule is Cc1ccc(-n2c(CN3CCN(C(=O)Nc4ccc(C)cc4Cl)CC3)nc3cccnc32)cc1. The van der Waals surface area contributed by atoms with Crippen LogP contribution in [-0.2, 0) is 6.54 Å². The van der Waals surface area contributed by atoms with Gasteiger partial charge in [0.2, 0.25) is 0 Å². The number of aryl methyl sites for hydroxylation is 2. The zero-order valence-corrected chi connectivity index (χ0v) is 20.1. The Bertz CT molecular complexity index is 1330. The highest BCUT2D eigenvalue weighted by Gasteiger charge is 2.24. The summed E-state index contributed by atoms with van der Waals surface area (Å²) < 4.78 is 2.13. The van der Waals surface area contributed by atoms with Crippen molar-refractivity contribution in [2.24, 2.45) is 0 Å². The third-order valence-electron chi connectivity index (χ3n) is 6.17. The van der Waals surface area contributed by atoms with Crippen molar-refractivity contribution >= 4 is 34.5 Å². The first-order valence-corrected chi connectivity index (χ1v) is 11.8. The van der Waals surface area contributed by atoms with Gasteiger partial charge in [-0.1, -0.05) is 35.4 Å². The van der Waals surface area contributed by atoms with Crippen LogP contribution >= 0.6 is 11.6 Å². The quantitative estimate of drug-likeness (QED) is 0.450. The number of benzene rings is 2. The Labute approximate surface area is 204 Å². The van der Waals surface area contributed by atoms with Gasteiger partial charge < -0.3 is 10.2 Å². The topological polar surface area (TPSA) is 66.3 Å². The summed E-state index contributed by atoms with van der Waals surface area (Å²) in [7, 11) is 0. The minimum absolute atomic E-state index is 0.124. The third-order valence-corrected chi connectivity index (χ3v) is 6.48. The molecule has 0 atom stereocenters. The third kappa shape index (κ3) is 4.62. The average molecular weight is 475 g/mol. The van der Waals surface area contributed by atoms with Crippen molar-refractivity contribution in [1.82, 2.24) is 24.3 Å². The summed E-state index contributed by atoms with van der Waals surface area (Å²) in [5, 5.41) is 3.49. The molecule has 2 aromatic carbocycles. The van der Waals surface area contributed by atoms with E-state index >= 15 is 0 Å². The fourth-order valence-electron chi connectivity index (χ4n) is 4.26. The molecule has 1 N–H and O–H groups in total. The smallest absolute Gasteiger partial charge is 0.321 e. The van der Waals surface area contributed by atoms with Gasteiger partial charge in [-0.3, -0.25) is 9.47 Å². The van der Waals surface area contributed by atoms with Gasteiger partial charge in [-0.25, -0.2) is 14.8 Å². The number of urea groups is 1. The molecule has 0 spiro atoms. The lowest BCUT2D eigenvalue weighted by Crippen LogP contribution is -2.49. The van der Waals surface area contributed by atoms with Crippen LogP contribution in [0.15, 0.2) is 60.8 Å². The fourth-order valence-corrected chi connectivity index (χ4v) is 4.54. The molecule has 0 bridgehead atoms. The van der Waals surface area contributed by atoms with Crippen molar-refractivity contribution in [2.45, 2.75) is 20.4 Å². The number of nitrogens with one attached hydrogen (secondary N) is 1. The minimum atomic E-state index is -0.124. The second-order valence-corrected chi connectivity index (χ2v) is 9.13. The molecule has 7 nitrogen and oxygen atoms in total. The lowest BCUT2D eigenvalue weighted by Gasteiger charge is -2.34. The van der Waals surface area contributed by atoms with E-state index in [9.17, 15) is 4.79 Å². The molecular weight excluding hydrogens is 448 g/mol. The maximum Gasteiger partial charge on any atom is 0.321 e. The van der Waals surface area contributed by atoms with Crippen molar-refractivity contribution in [3.05, 3.63) is 82.8 Å². The molecule has 1 aliphatic rings. The van der Waals surface area contributed by atoms with Crippen LogP contribution in [0.4, 0.5) is 10.5 Å². The Balaban J connectivity index is 1.28. The summed E-state index contributed by atoms with van der Waals surface area (Å²) in [4.78, 5) is 26.4. The zero-order chi connectivity index (χ0) is 23.7. The number of carbonyl (C=O) groups is 1. The molecule has 0 unspecified atom stereocenters. The van der Waals surface area contributed by atoms with E-state index in [0.29, 0.717) is 30.3 Å². The van der Waals surface area contributed by atoms with Crippen molar-refractivity contribution < 1.29 is 4.79 Å². The predicted molar refractivity (Wildman–Crippen MR) is 136 cm³/mol. The standard InChI is InChI=1S/C26H27ClN6O/c1-18-5-8-20(9-6-18)33-24(29-23-4-3-11-28-25(23)33)17-31-12-14-32(15-13-31)26(34)30-22-10-7-19(2)16-21(22)27/h3-11,16H,12-15,17H2,1-2H3,(H,30,34). The molecule has 4 aromatic rings. The fraction of sp³-hybridized carbons (Fsp3) is 0.269. The van der Waals surface area contributed by atoms with E-state index in [1.165, 1.54) is 5.56 Å². The summed E-state index contributed by atoms with van der Waals surface area (Å²) in [6.45, 7) is 7.54. The van der Waals surface area contributed by atoms with Crippen molar-refractivity contribution in [3.8, 4) is 5.69 Å². The summed E-state index contributed by atoms with van der Waals surface area (Å²) in [6.07, 6.45) is 1.80. The normalized spacial score (nSPS) is 14.5. The van der Waals surface area contributed by atoms with Gasteiger partial charge in [-0.2, -0.15) is 0 Å². The molecule has 34 heavy (non-hydrogen) atoms. The predicted octanol–water partition coefficient (Wildman–Crippen LogP) is 5.04. The number of aromatic nitrogens is 3. The van der Waals surface area contributed by atoms with Crippen LogP contribution in [0.3, 0.4) is 0 Å². The molecular formula is C26H27ClN6O. The van der Waals surface area contributed by atoms with E-state index in [2.05, 4.69) is 51.0 Å². The maximum absolute atomic E-state index is 12.8. The van der Waals surface area contributed by atoms with Crippen LogP contribution in [0.1, 0.15) is 17.0 Å². The second-order valence-electron chi connectivity index (χ2n) is 8.72. The van der Waals surface area contributed by atoms with E-state index in [1.807, 2.05) is 42.2 Å². The molecule has 1 saturated heterocycles. The number of hydrogen-bond donors (Lipinski definition) is 1. The van der Waals surface area contributed by atoms with Gasteiger partial charge in [0.1, 0.15) is 11.3 Å². The van der Waals surface area contributed by atoms with Gasteiger partial charge in [-0.05, 0) is 55.8 Å². The van der Waals surface area contributed by atoms with Crippen LogP contribution < -0.4 is 5.32 Å². The summed E-state index contributed by atoms with van der Waals surface area (Å²) in [5.74, 6) is 0.946. The Morgan fingerprint density at radius 2 is 1.74 bits per heavy atom. The molecule has 2 amide bonds.